The molecule has 6 heteroatoms. The number of ether oxygens (including phenoxy) is 1. The van der Waals surface area contributed by atoms with Gasteiger partial charge in [0, 0.05) is 49.7 Å². The van der Waals surface area contributed by atoms with Gasteiger partial charge in [0.05, 0.1) is 13.0 Å². The van der Waals surface area contributed by atoms with E-state index in [0.29, 0.717) is 13.0 Å². The van der Waals surface area contributed by atoms with Gasteiger partial charge in [0.25, 0.3) is 0 Å². The summed E-state index contributed by atoms with van der Waals surface area (Å²) in [5, 5.41) is 6.77. The molecule has 1 saturated heterocycles. The zero-order chi connectivity index (χ0) is 17.6. The summed E-state index contributed by atoms with van der Waals surface area (Å²) in [6, 6.07) is 10.2. The van der Waals surface area contributed by atoms with Crippen molar-refractivity contribution in [2.75, 3.05) is 26.2 Å². The Bertz CT molecular complexity index is 686. The van der Waals surface area contributed by atoms with Gasteiger partial charge < -0.3 is 9.64 Å². The number of nitrogens with one attached hydrogen (secondary N) is 1. The summed E-state index contributed by atoms with van der Waals surface area (Å²) in [6.45, 7) is 8.14. The molecule has 1 amide bonds. The van der Waals surface area contributed by atoms with Gasteiger partial charge in [-0.2, -0.15) is 5.10 Å². The zero-order valence-corrected chi connectivity index (χ0v) is 14.9. The highest BCUT2D eigenvalue weighted by molar-refractivity contribution is 5.78. The molecule has 3 rings (SSSR count). The van der Waals surface area contributed by atoms with Crippen LogP contribution in [0.1, 0.15) is 25.1 Å². The normalized spacial score (nSPS) is 18.3. The van der Waals surface area contributed by atoms with Crippen LogP contribution < -0.4 is 4.74 Å². The molecule has 6 nitrogen and oxygen atoms in total. The van der Waals surface area contributed by atoms with E-state index in [0.717, 1.165) is 37.6 Å². The van der Waals surface area contributed by atoms with E-state index >= 15 is 0 Å². The minimum Gasteiger partial charge on any atom is -0.494 e. The molecule has 1 N–H and O–H groups in total. The summed E-state index contributed by atoms with van der Waals surface area (Å²) in [4.78, 5) is 16.9. The van der Waals surface area contributed by atoms with Gasteiger partial charge in [-0.15, -0.1) is 0 Å². The summed E-state index contributed by atoms with van der Waals surface area (Å²) in [6.07, 6.45) is 2.07. The number of carbonyl (C=O) groups is 1. The third-order valence-corrected chi connectivity index (χ3v) is 4.60. The molecule has 0 unspecified atom stereocenters. The molecule has 134 valence electrons. The number of aromatic amines is 1. The van der Waals surface area contributed by atoms with Crippen LogP contribution in [0, 0.1) is 0 Å². The monoisotopic (exact) mass is 342 g/mol. The van der Waals surface area contributed by atoms with Crippen LogP contribution in [0.3, 0.4) is 0 Å². The van der Waals surface area contributed by atoms with E-state index in [1.165, 1.54) is 5.56 Å². The predicted octanol–water partition coefficient (Wildman–Crippen LogP) is 2.08. The molecule has 1 aromatic heterocycles. The van der Waals surface area contributed by atoms with Crippen molar-refractivity contribution in [3.05, 3.63) is 47.8 Å². The molecule has 0 bridgehead atoms. The average molecular weight is 342 g/mol. The van der Waals surface area contributed by atoms with E-state index in [2.05, 4.69) is 28.1 Å². The first kappa shape index (κ1) is 17.5. The molecular weight excluding hydrogens is 316 g/mol. The van der Waals surface area contributed by atoms with Crippen molar-refractivity contribution in [1.29, 1.82) is 0 Å². The number of amides is 1. The van der Waals surface area contributed by atoms with E-state index in [9.17, 15) is 4.79 Å². The number of rotatable bonds is 6. The Labute approximate surface area is 148 Å². The number of aromatic nitrogens is 2. The molecule has 1 atom stereocenters. The predicted molar refractivity (Wildman–Crippen MR) is 96.4 cm³/mol. The zero-order valence-electron chi connectivity index (χ0n) is 14.9. The number of carbonyl (C=O) groups excluding carboxylic acids is 1. The largest absolute Gasteiger partial charge is 0.494 e. The van der Waals surface area contributed by atoms with Gasteiger partial charge in [-0.25, -0.2) is 0 Å². The van der Waals surface area contributed by atoms with Crippen molar-refractivity contribution < 1.29 is 9.53 Å². The van der Waals surface area contributed by atoms with Crippen LogP contribution in [0.4, 0.5) is 0 Å². The van der Waals surface area contributed by atoms with Crippen LogP contribution in [0.5, 0.6) is 5.75 Å². The number of hydrogen-bond donors (Lipinski definition) is 1. The Morgan fingerprint density at radius 3 is 2.88 bits per heavy atom. The van der Waals surface area contributed by atoms with Crippen molar-refractivity contribution in [3.63, 3.8) is 0 Å². The fraction of sp³-hybridized carbons (Fsp3) is 0.474. The van der Waals surface area contributed by atoms with E-state index in [1.54, 1.807) is 6.20 Å². The molecule has 1 aromatic carbocycles. The number of H-pyrrole nitrogens is 1. The van der Waals surface area contributed by atoms with Crippen LogP contribution in [-0.4, -0.2) is 58.2 Å². The van der Waals surface area contributed by atoms with Gasteiger partial charge in [-0.3, -0.25) is 14.8 Å². The minimum absolute atomic E-state index is 0.158. The summed E-state index contributed by atoms with van der Waals surface area (Å²) >= 11 is 0. The fourth-order valence-corrected chi connectivity index (χ4v) is 3.37. The highest BCUT2D eigenvalue weighted by Gasteiger charge is 2.27. The van der Waals surface area contributed by atoms with Crippen LogP contribution in [-0.2, 0) is 17.8 Å². The van der Waals surface area contributed by atoms with E-state index in [4.69, 9.17) is 4.74 Å². The molecule has 0 spiro atoms. The number of benzene rings is 1. The summed E-state index contributed by atoms with van der Waals surface area (Å²) in [5.74, 6) is 1.11. The van der Waals surface area contributed by atoms with E-state index in [1.807, 2.05) is 36.1 Å². The van der Waals surface area contributed by atoms with Gasteiger partial charge in [0.2, 0.25) is 5.91 Å². The molecular formula is C19H26N4O2. The SMILES string of the molecule is CCOc1ccccc1CN1CCN(C(=O)Cc2ccn[nH]2)[C@@H](C)C1. The lowest BCUT2D eigenvalue weighted by atomic mass is 10.1. The Hall–Kier alpha value is -2.34. The first-order valence-electron chi connectivity index (χ1n) is 8.88. The van der Waals surface area contributed by atoms with E-state index < -0.39 is 0 Å². The number of nitrogens with zero attached hydrogens (tertiary/aromatic N) is 3. The summed E-state index contributed by atoms with van der Waals surface area (Å²) in [5.41, 5.74) is 2.07. The van der Waals surface area contributed by atoms with Gasteiger partial charge in [0.1, 0.15) is 5.75 Å². The van der Waals surface area contributed by atoms with Crippen LogP contribution >= 0.6 is 0 Å². The minimum atomic E-state index is 0.158. The second kappa shape index (κ2) is 8.16. The highest BCUT2D eigenvalue weighted by Crippen LogP contribution is 2.21. The van der Waals surface area contributed by atoms with Crippen LogP contribution in [0.25, 0.3) is 0 Å². The number of hydrogen-bond acceptors (Lipinski definition) is 4. The molecule has 1 aliphatic heterocycles. The molecule has 2 aromatic rings. The maximum atomic E-state index is 12.5. The first-order chi connectivity index (χ1) is 12.2. The Morgan fingerprint density at radius 2 is 2.16 bits per heavy atom. The van der Waals surface area contributed by atoms with Crippen molar-refractivity contribution in [2.24, 2.45) is 0 Å². The maximum Gasteiger partial charge on any atom is 0.228 e. The summed E-state index contributed by atoms with van der Waals surface area (Å²) in [7, 11) is 0. The average Bonchev–Trinajstić information content (AvgIpc) is 3.10. The van der Waals surface area contributed by atoms with Crippen molar-refractivity contribution >= 4 is 5.91 Å². The molecule has 0 saturated carbocycles. The standard InChI is InChI=1S/C19H26N4O2/c1-3-25-18-7-5-4-6-16(18)14-22-10-11-23(15(2)13-22)19(24)12-17-8-9-20-21-17/h4-9,15H,3,10-14H2,1-2H3,(H,20,21)/t15-/m0/s1. The van der Waals surface area contributed by atoms with Crippen LogP contribution in [0.15, 0.2) is 36.5 Å². The first-order valence-corrected chi connectivity index (χ1v) is 8.88. The number of para-hydroxylation sites is 1. The maximum absolute atomic E-state index is 12.5. The lowest BCUT2D eigenvalue weighted by molar-refractivity contribution is -0.135. The van der Waals surface area contributed by atoms with Crippen LogP contribution in [0.2, 0.25) is 0 Å². The summed E-state index contributed by atoms with van der Waals surface area (Å²) < 4.78 is 5.72. The molecule has 2 heterocycles. The second-order valence-electron chi connectivity index (χ2n) is 6.47. The van der Waals surface area contributed by atoms with Crippen molar-refractivity contribution in [2.45, 2.75) is 32.9 Å². The highest BCUT2D eigenvalue weighted by atomic mass is 16.5. The lowest BCUT2D eigenvalue weighted by Gasteiger charge is -2.40. The third-order valence-electron chi connectivity index (χ3n) is 4.60. The second-order valence-corrected chi connectivity index (χ2v) is 6.47. The lowest BCUT2D eigenvalue weighted by Crippen LogP contribution is -2.54. The van der Waals surface area contributed by atoms with E-state index in [-0.39, 0.29) is 11.9 Å². The Morgan fingerprint density at radius 1 is 1.32 bits per heavy atom. The molecule has 1 aliphatic rings. The smallest absolute Gasteiger partial charge is 0.228 e. The molecule has 0 radical (unpaired) electrons. The van der Waals surface area contributed by atoms with Gasteiger partial charge >= 0.3 is 0 Å². The topological polar surface area (TPSA) is 61.5 Å². The third kappa shape index (κ3) is 4.39. The Kier molecular flexibility index (Phi) is 5.71. The molecule has 1 fully saturated rings. The van der Waals surface area contributed by atoms with Crippen molar-refractivity contribution in [3.8, 4) is 5.75 Å². The molecule has 0 aliphatic carbocycles. The van der Waals surface area contributed by atoms with Gasteiger partial charge in [0.15, 0.2) is 0 Å². The molecule has 25 heavy (non-hydrogen) atoms. The quantitative estimate of drug-likeness (QED) is 0.873. The number of piperazine rings is 1. The fourth-order valence-electron chi connectivity index (χ4n) is 3.37. The van der Waals surface area contributed by atoms with Gasteiger partial charge in [-0.1, -0.05) is 18.2 Å². The Balaban J connectivity index is 1.57. The van der Waals surface area contributed by atoms with Gasteiger partial charge in [-0.05, 0) is 26.0 Å². The van der Waals surface area contributed by atoms with Crippen molar-refractivity contribution in [1.82, 2.24) is 20.0 Å².